The molecule has 0 aromatic heterocycles. The van der Waals surface area contributed by atoms with Gasteiger partial charge < -0.3 is 11.1 Å². The predicted octanol–water partition coefficient (Wildman–Crippen LogP) is 0.928. The van der Waals surface area contributed by atoms with E-state index in [1.54, 1.807) is 6.92 Å². The van der Waals surface area contributed by atoms with Crippen LogP contribution in [0, 0.1) is 5.92 Å². The van der Waals surface area contributed by atoms with Crippen LogP contribution in [0.25, 0.3) is 0 Å². The monoisotopic (exact) mass is 186 g/mol. The molecular formula is C10H22N2O. The molecule has 0 spiro atoms. The summed E-state index contributed by atoms with van der Waals surface area (Å²) in [4.78, 5) is 10.6. The molecule has 3 heteroatoms. The van der Waals surface area contributed by atoms with Crippen LogP contribution in [0.2, 0.25) is 0 Å². The van der Waals surface area contributed by atoms with Crippen LogP contribution in [0.5, 0.6) is 0 Å². The van der Waals surface area contributed by atoms with Crippen LogP contribution in [-0.2, 0) is 4.79 Å². The molecule has 3 N–H and O–H groups in total. The van der Waals surface area contributed by atoms with Gasteiger partial charge in [0.1, 0.15) is 5.78 Å². The zero-order valence-corrected chi connectivity index (χ0v) is 8.97. The SMILES string of the molecule is CC(=O)CNCC(N)CCC(C)C. The highest BCUT2D eigenvalue weighted by molar-refractivity contribution is 5.77. The van der Waals surface area contributed by atoms with Gasteiger partial charge in [-0.25, -0.2) is 0 Å². The molecule has 0 aliphatic carbocycles. The second kappa shape index (κ2) is 7.04. The van der Waals surface area contributed by atoms with E-state index in [1.807, 2.05) is 0 Å². The lowest BCUT2D eigenvalue weighted by Crippen LogP contribution is -2.36. The highest BCUT2D eigenvalue weighted by Crippen LogP contribution is 2.04. The number of rotatable bonds is 7. The van der Waals surface area contributed by atoms with Crippen LogP contribution >= 0.6 is 0 Å². The summed E-state index contributed by atoms with van der Waals surface area (Å²) in [6.45, 7) is 7.14. The topological polar surface area (TPSA) is 55.1 Å². The van der Waals surface area contributed by atoms with E-state index in [1.165, 1.54) is 0 Å². The van der Waals surface area contributed by atoms with Gasteiger partial charge in [0, 0.05) is 12.6 Å². The number of hydrogen-bond acceptors (Lipinski definition) is 3. The second-order valence-electron chi connectivity index (χ2n) is 4.06. The van der Waals surface area contributed by atoms with E-state index in [-0.39, 0.29) is 11.8 Å². The molecule has 1 atom stereocenters. The molecule has 13 heavy (non-hydrogen) atoms. The van der Waals surface area contributed by atoms with Crippen molar-refractivity contribution in [3.05, 3.63) is 0 Å². The van der Waals surface area contributed by atoms with Crippen molar-refractivity contribution in [1.29, 1.82) is 0 Å². The van der Waals surface area contributed by atoms with Crippen LogP contribution in [0.1, 0.15) is 33.6 Å². The number of Topliss-reactive ketones (excluding diaryl/α,β-unsaturated/α-hetero) is 1. The molecule has 0 rings (SSSR count). The predicted molar refractivity (Wildman–Crippen MR) is 55.6 cm³/mol. The van der Waals surface area contributed by atoms with Gasteiger partial charge in [-0.05, 0) is 25.7 Å². The molecular weight excluding hydrogens is 164 g/mol. The van der Waals surface area contributed by atoms with Gasteiger partial charge in [0.05, 0.1) is 6.54 Å². The smallest absolute Gasteiger partial charge is 0.143 e. The third-order valence-electron chi connectivity index (χ3n) is 1.90. The minimum absolute atomic E-state index is 0.163. The molecule has 0 saturated carbocycles. The van der Waals surface area contributed by atoms with E-state index < -0.39 is 0 Å². The van der Waals surface area contributed by atoms with E-state index >= 15 is 0 Å². The number of ketones is 1. The first-order valence-electron chi connectivity index (χ1n) is 4.98. The molecule has 0 saturated heterocycles. The summed E-state index contributed by atoms with van der Waals surface area (Å²) in [5.74, 6) is 0.870. The first-order chi connectivity index (χ1) is 6.02. The molecule has 0 heterocycles. The average molecular weight is 186 g/mol. The van der Waals surface area contributed by atoms with Crippen molar-refractivity contribution in [3.63, 3.8) is 0 Å². The van der Waals surface area contributed by atoms with Gasteiger partial charge >= 0.3 is 0 Å². The van der Waals surface area contributed by atoms with E-state index in [4.69, 9.17) is 5.73 Å². The summed E-state index contributed by atoms with van der Waals surface area (Å²) >= 11 is 0. The van der Waals surface area contributed by atoms with Crippen molar-refractivity contribution in [2.75, 3.05) is 13.1 Å². The number of hydrogen-bond donors (Lipinski definition) is 2. The quantitative estimate of drug-likeness (QED) is 0.622. The van der Waals surface area contributed by atoms with Gasteiger partial charge in [-0.15, -0.1) is 0 Å². The Bertz CT molecular complexity index is 146. The maximum Gasteiger partial charge on any atom is 0.143 e. The van der Waals surface area contributed by atoms with Gasteiger partial charge in [-0.3, -0.25) is 4.79 Å². The Morgan fingerprint density at radius 2 is 2.00 bits per heavy atom. The lowest BCUT2D eigenvalue weighted by Gasteiger charge is -2.13. The lowest BCUT2D eigenvalue weighted by atomic mass is 10.0. The Labute approximate surface area is 81.1 Å². The van der Waals surface area contributed by atoms with Crippen LogP contribution in [0.3, 0.4) is 0 Å². The van der Waals surface area contributed by atoms with Crippen LogP contribution < -0.4 is 11.1 Å². The third kappa shape index (κ3) is 9.50. The summed E-state index contributed by atoms with van der Waals surface area (Å²) < 4.78 is 0. The first-order valence-corrected chi connectivity index (χ1v) is 4.98. The Morgan fingerprint density at radius 3 is 2.46 bits per heavy atom. The van der Waals surface area contributed by atoms with Gasteiger partial charge in [0.15, 0.2) is 0 Å². The van der Waals surface area contributed by atoms with Crippen molar-refractivity contribution in [2.45, 2.75) is 39.7 Å². The third-order valence-corrected chi connectivity index (χ3v) is 1.90. The summed E-state index contributed by atoms with van der Waals surface area (Å²) in [5.41, 5.74) is 5.83. The largest absolute Gasteiger partial charge is 0.327 e. The summed E-state index contributed by atoms with van der Waals surface area (Å²) in [6.07, 6.45) is 2.19. The molecule has 3 nitrogen and oxygen atoms in total. The van der Waals surface area contributed by atoms with Crippen molar-refractivity contribution in [2.24, 2.45) is 11.7 Å². The molecule has 0 amide bonds. The minimum atomic E-state index is 0.163. The fourth-order valence-corrected chi connectivity index (χ4v) is 1.08. The number of carbonyl (C=O) groups is 1. The Morgan fingerprint density at radius 1 is 1.38 bits per heavy atom. The zero-order valence-electron chi connectivity index (χ0n) is 8.97. The number of nitrogens with one attached hydrogen (secondary N) is 1. The molecule has 0 aromatic carbocycles. The highest BCUT2D eigenvalue weighted by Gasteiger charge is 2.03. The van der Waals surface area contributed by atoms with Gasteiger partial charge in [0.25, 0.3) is 0 Å². The standard InChI is InChI=1S/C10H22N2O/c1-8(2)4-5-10(11)7-12-6-9(3)13/h8,10,12H,4-7,11H2,1-3H3. The molecule has 0 fully saturated rings. The average Bonchev–Trinajstić information content (AvgIpc) is 2.00. The number of carbonyl (C=O) groups excluding carboxylic acids is 1. The van der Waals surface area contributed by atoms with Crippen LogP contribution in [-0.4, -0.2) is 24.9 Å². The first kappa shape index (κ1) is 12.6. The lowest BCUT2D eigenvalue weighted by molar-refractivity contribution is -0.116. The summed E-state index contributed by atoms with van der Waals surface area (Å²) in [7, 11) is 0. The molecule has 78 valence electrons. The van der Waals surface area contributed by atoms with Crippen molar-refractivity contribution in [3.8, 4) is 0 Å². The fraction of sp³-hybridized carbons (Fsp3) is 0.900. The van der Waals surface area contributed by atoms with E-state index in [2.05, 4.69) is 19.2 Å². The Balaban J connectivity index is 3.29. The fourth-order valence-electron chi connectivity index (χ4n) is 1.08. The molecule has 1 unspecified atom stereocenters. The molecule has 0 aliphatic rings. The normalized spacial score (nSPS) is 13.3. The van der Waals surface area contributed by atoms with Crippen LogP contribution in [0.4, 0.5) is 0 Å². The zero-order chi connectivity index (χ0) is 10.3. The highest BCUT2D eigenvalue weighted by atomic mass is 16.1. The van der Waals surface area contributed by atoms with Crippen LogP contribution in [0.15, 0.2) is 0 Å². The molecule has 0 aliphatic heterocycles. The maximum absolute atomic E-state index is 10.6. The minimum Gasteiger partial charge on any atom is -0.327 e. The van der Waals surface area contributed by atoms with Gasteiger partial charge in [-0.2, -0.15) is 0 Å². The molecule has 0 aromatic rings. The number of nitrogens with two attached hydrogens (primary N) is 1. The summed E-state index contributed by atoms with van der Waals surface area (Å²) in [5, 5.41) is 3.03. The van der Waals surface area contributed by atoms with E-state index in [0.717, 1.165) is 19.4 Å². The van der Waals surface area contributed by atoms with Crippen molar-refractivity contribution >= 4 is 5.78 Å². The molecule has 0 bridgehead atoms. The van der Waals surface area contributed by atoms with Crippen molar-refractivity contribution in [1.82, 2.24) is 5.32 Å². The Kier molecular flexibility index (Phi) is 6.82. The van der Waals surface area contributed by atoms with E-state index in [0.29, 0.717) is 12.5 Å². The van der Waals surface area contributed by atoms with Gasteiger partial charge in [0.2, 0.25) is 0 Å². The molecule has 0 radical (unpaired) electrons. The Hall–Kier alpha value is -0.410. The maximum atomic E-state index is 10.6. The van der Waals surface area contributed by atoms with Gasteiger partial charge in [-0.1, -0.05) is 13.8 Å². The van der Waals surface area contributed by atoms with Crippen molar-refractivity contribution < 1.29 is 4.79 Å². The van der Waals surface area contributed by atoms with E-state index in [9.17, 15) is 4.79 Å². The summed E-state index contributed by atoms with van der Waals surface area (Å²) in [6, 6.07) is 0.182. The second-order valence-corrected chi connectivity index (χ2v) is 4.06.